The molecule has 1 aromatic heterocycles. The number of sulfone groups is 1. The van der Waals surface area contributed by atoms with Crippen LogP contribution in [0.3, 0.4) is 0 Å². The van der Waals surface area contributed by atoms with Crippen molar-refractivity contribution in [2.45, 2.75) is 11.8 Å². The highest BCUT2D eigenvalue weighted by Crippen LogP contribution is 2.23. The number of benzene rings is 3. The molecule has 150 valence electrons. The van der Waals surface area contributed by atoms with E-state index in [9.17, 15) is 13.2 Å². The zero-order valence-electron chi connectivity index (χ0n) is 16.5. The van der Waals surface area contributed by atoms with Gasteiger partial charge in [0.2, 0.25) is 0 Å². The predicted molar refractivity (Wildman–Crippen MR) is 117 cm³/mol. The van der Waals surface area contributed by atoms with E-state index >= 15 is 0 Å². The summed E-state index contributed by atoms with van der Waals surface area (Å²) in [4.78, 5) is 21.9. The van der Waals surface area contributed by atoms with Gasteiger partial charge >= 0.3 is 0 Å². The van der Waals surface area contributed by atoms with E-state index in [2.05, 4.69) is 15.3 Å². The van der Waals surface area contributed by atoms with Gasteiger partial charge in [-0.15, -0.1) is 0 Å². The molecule has 0 fully saturated rings. The number of carbonyl (C=O) groups is 1. The lowest BCUT2D eigenvalue weighted by Gasteiger charge is -2.10. The maximum atomic E-state index is 12.7. The first-order chi connectivity index (χ1) is 14.3. The van der Waals surface area contributed by atoms with Crippen molar-refractivity contribution in [3.05, 3.63) is 84.1 Å². The Bertz CT molecular complexity index is 1380. The monoisotopic (exact) mass is 417 g/mol. The van der Waals surface area contributed by atoms with Crippen LogP contribution in [0.5, 0.6) is 0 Å². The summed E-state index contributed by atoms with van der Waals surface area (Å²) in [5.74, 6) is 0.252. The van der Waals surface area contributed by atoms with Crippen molar-refractivity contribution in [3.8, 4) is 11.4 Å². The lowest BCUT2D eigenvalue weighted by molar-refractivity contribution is 0.102. The van der Waals surface area contributed by atoms with Gasteiger partial charge in [-0.25, -0.2) is 18.4 Å². The minimum atomic E-state index is -3.32. The van der Waals surface area contributed by atoms with Crippen LogP contribution >= 0.6 is 0 Å². The molecule has 0 spiro atoms. The first-order valence-corrected chi connectivity index (χ1v) is 11.1. The van der Waals surface area contributed by atoms with Crippen molar-refractivity contribution >= 4 is 32.3 Å². The summed E-state index contributed by atoms with van der Waals surface area (Å²) < 4.78 is 23.4. The Hall–Kier alpha value is -3.58. The summed E-state index contributed by atoms with van der Waals surface area (Å²) >= 11 is 0. The Morgan fingerprint density at radius 1 is 0.967 bits per heavy atom. The van der Waals surface area contributed by atoms with E-state index in [4.69, 9.17) is 0 Å². The number of aromatic nitrogens is 2. The van der Waals surface area contributed by atoms with Crippen LogP contribution in [0.2, 0.25) is 0 Å². The summed E-state index contributed by atoms with van der Waals surface area (Å²) in [6, 6.07) is 19.5. The highest BCUT2D eigenvalue weighted by molar-refractivity contribution is 7.90. The van der Waals surface area contributed by atoms with E-state index in [0.717, 1.165) is 22.7 Å². The van der Waals surface area contributed by atoms with Crippen LogP contribution in [0, 0.1) is 6.92 Å². The van der Waals surface area contributed by atoms with E-state index in [1.807, 2.05) is 42.5 Å². The zero-order valence-corrected chi connectivity index (χ0v) is 17.3. The van der Waals surface area contributed by atoms with Gasteiger partial charge in [0.25, 0.3) is 5.91 Å². The normalized spacial score (nSPS) is 11.4. The van der Waals surface area contributed by atoms with Crippen LogP contribution in [0.25, 0.3) is 22.3 Å². The van der Waals surface area contributed by atoms with E-state index in [0.29, 0.717) is 22.6 Å². The summed E-state index contributed by atoms with van der Waals surface area (Å²) in [7, 11) is -3.32. The standard InChI is InChI=1S/C23H19N3O3S/c1-15-12-19(30(2,28)29)10-11-20(15)23(27)25-18-8-5-7-16(13-18)22-24-14-17-6-3-4-9-21(17)26-22/h3-14H,1-2H3,(H,25,27). The smallest absolute Gasteiger partial charge is 0.255 e. The highest BCUT2D eigenvalue weighted by atomic mass is 32.2. The van der Waals surface area contributed by atoms with Crippen molar-refractivity contribution in [1.82, 2.24) is 9.97 Å². The molecule has 1 heterocycles. The van der Waals surface area contributed by atoms with Gasteiger partial charge in [-0.2, -0.15) is 0 Å². The molecule has 1 N–H and O–H groups in total. The SMILES string of the molecule is Cc1cc(S(C)(=O)=O)ccc1C(=O)Nc1cccc(-c2ncc3ccccc3n2)c1. The molecular formula is C23H19N3O3S. The highest BCUT2D eigenvalue weighted by Gasteiger charge is 2.14. The third-order valence-corrected chi connectivity index (χ3v) is 5.85. The van der Waals surface area contributed by atoms with Crippen molar-refractivity contribution < 1.29 is 13.2 Å². The summed E-state index contributed by atoms with van der Waals surface area (Å²) in [5, 5.41) is 3.82. The second-order valence-electron chi connectivity index (χ2n) is 7.04. The van der Waals surface area contributed by atoms with Crippen LogP contribution < -0.4 is 5.32 Å². The minimum absolute atomic E-state index is 0.187. The van der Waals surface area contributed by atoms with Gasteiger partial charge < -0.3 is 5.32 Å². The molecule has 0 saturated carbocycles. The number of aryl methyl sites for hydroxylation is 1. The molecule has 30 heavy (non-hydrogen) atoms. The molecule has 0 unspecified atom stereocenters. The number of hydrogen-bond donors (Lipinski definition) is 1. The van der Waals surface area contributed by atoms with E-state index < -0.39 is 9.84 Å². The molecule has 0 saturated heterocycles. The van der Waals surface area contributed by atoms with Crippen molar-refractivity contribution in [2.75, 3.05) is 11.6 Å². The quantitative estimate of drug-likeness (QED) is 0.536. The number of amides is 1. The van der Waals surface area contributed by atoms with Gasteiger partial charge in [-0.05, 0) is 48.9 Å². The maximum Gasteiger partial charge on any atom is 0.255 e. The molecule has 0 bridgehead atoms. The zero-order chi connectivity index (χ0) is 21.3. The average Bonchev–Trinajstić information content (AvgIpc) is 2.72. The molecule has 0 radical (unpaired) electrons. The van der Waals surface area contributed by atoms with Crippen molar-refractivity contribution in [3.63, 3.8) is 0 Å². The Balaban J connectivity index is 1.60. The van der Waals surface area contributed by atoms with Gasteiger partial charge in [-0.1, -0.05) is 30.3 Å². The van der Waals surface area contributed by atoms with Crippen molar-refractivity contribution in [1.29, 1.82) is 0 Å². The molecular weight excluding hydrogens is 398 g/mol. The van der Waals surface area contributed by atoms with Crippen LogP contribution in [-0.4, -0.2) is 30.5 Å². The van der Waals surface area contributed by atoms with E-state index in [1.165, 1.54) is 18.2 Å². The fourth-order valence-corrected chi connectivity index (χ4v) is 3.87. The summed E-state index contributed by atoms with van der Waals surface area (Å²) in [5.41, 5.74) is 3.22. The Kier molecular flexibility index (Phi) is 5.05. The molecule has 6 nitrogen and oxygen atoms in total. The molecule has 4 rings (SSSR count). The lowest BCUT2D eigenvalue weighted by atomic mass is 10.1. The third-order valence-electron chi connectivity index (χ3n) is 4.74. The van der Waals surface area contributed by atoms with Gasteiger partial charge in [-0.3, -0.25) is 4.79 Å². The number of hydrogen-bond acceptors (Lipinski definition) is 5. The van der Waals surface area contributed by atoms with Gasteiger partial charge in [0.15, 0.2) is 15.7 Å². The fourth-order valence-electron chi connectivity index (χ4n) is 3.17. The number of nitrogens with zero attached hydrogens (tertiary/aromatic N) is 2. The fraction of sp³-hybridized carbons (Fsp3) is 0.0870. The van der Waals surface area contributed by atoms with Gasteiger partial charge in [0, 0.05) is 34.7 Å². The minimum Gasteiger partial charge on any atom is -0.322 e. The Labute approximate surface area is 174 Å². The van der Waals surface area contributed by atoms with E-state index in [-0.39, 0.29) is 10.8 Å². The maximum absolute atomic E-state index is 12.7. The van der Waals surface area contributed by atoms with Crippen LogP contribution in [0.15, 0.2) is 77.8 Å². The number of nitrogens with one attached hydrogen (secondary N) is 1. The lowest BCUT2D eigenvalue weighted by Crippen LogP contribution is -2.14. The average molecular weight is 417 g/mol. The Morgan fingerprint density at radius 3 is 2.53 bits per heavy atom. The van der Waals surface area contributed by atoms with Gasteiger partial charge in [0.05, 0.1) is 10.4 Å². The van der Waals surface area contributed by atoms with Crippen LogP contribution in [0.4, 0.5) is 5.69 Å². The number of fused-ring (bicyclic) bond motifs is 1. The number of anilines is 1. The molecule has 7 heteroatoms. The molecule has 0 aliphatic heterocycles. The third kappa shape index (κ3) is 4.06. The largest absolute Gasteiger partial charge is 0.322 e. The first kappa shape index (κ1) is 19.7. The second kappa shape index (κ2) is 7.68. The predicted octanol–water partition coefficient (Wildman–Crippen LogP) is 4.26. The van der Waals surface area contributed by atoms with Crippen molar-refractivity contribution in [2.24, 2.45) is 0 Å². The van der Waals surface area contributed by atoms with Crippen LogP contribution in [0.1, 0.15) is 15.9 Å². The Morgan fingerprint density at radius 2 is 1.77 bits per heavy atom. The first-order valence-electron chi connectivity index (χ1n) is 9.25. The van der Waals surface area contributed by atoms with E-state index in [1.54, 1.807) is 19.2 Å². The number of para-hydroxylation sites is 1. The number of rotatable bonds is 4. The summed E-state index contributed by atoms with van der Waals surface area (Å²) in [6.45, 7) is 1.71. The molecule has 1 amide bonds. The second-order valence-corrected chi connectivity index (χ2v) is 9.05. The van der Waals surface area contributed by atoms with Gasteiger partial charge in [0.1, 0.15) is 0 Å². The molecule has 0 aliphatic rings. The summed E-state index contributed by atoms with van der Waals surface area (Å²) in [6.07, 6.45) is 2.91. The molecule has 0 aliphatic carbocycles. The molecule has 0 atom stereocenters. The van der Waals surface area contributed by atoms with Crippen LogP contribution in [-0.2, 0) is 9.84 Å². The molecule has 3 aromatic carbocycles. The number of carbonyl (C=O) groups excluding carboxylic acids is 1. The topological polar surface area (TPSA) is 89.0 Å². The molecule has 4 aromatic rings.